The van der Waals surface area contributed by atoms with E-state index in [0.29, 0.717) is 5.15 Å². The normalized spacial score (nSPS) is 15.8. The third-order valence-electron chi connectivity index (χ3n) is 2.19. The van der Waals surface area contributed by atoms with Gasteiger partial charge in [-0.15, -0.1) is 0 Å². The van der Waals surface area contributed by atoms with Gasteiger partial charge < -0.3 is 4.90 Å². The molecule has 70 valence electrons. The monoisotopic (exact) mass is 217 g/mol. The Hall–Kier alpha value is -0.540. The van der Waals surface area contributed by atoms with E-state index in [4.69, 9.17) is 23.2 Å². The van der Waals surface area contributed by atoms with Gasteiger partial charge in [-0.05, 0) is 24.4 Å². The molecule has 1 aliphatic heterocycles. The molecule has 0 aromatic carbocycles. The van der Waals surface area contributed by atoms with Gasteiger partial charge in [-0.25, -0.2) is 9.97 Å². The van der Waals surface area contributed by atoms with E-state index < -0.39 is 0 Å². The van der Waals surface area contributed by atoms with Crippen molar-refractivity contribution in [1.29, 1.82) is 0 Å². The average Bonchev–Trinajstić information content (AvgIpc) is 2.07. The average molecular weight is 218 g/mol. The molecule has 3 nitrogen and oxygen atoms in total. The van der Waals surface area contributed by atoms with Crippen molar-refractivity contribution in [3.8, 4) is 0 Å². The third-order valence-corrected chi connectivity index (χ3v) is 2.67. The molecule has 0 spiro atoms. The van der Waals surface area contributed by atoms with Crippen molar-refractivity contribution >= 4 is 29.0 Å². The fourth-order valence-electron chi connectivity index (χ4n) is 1.55. The van der Waals surface area contributed by atoms with E-state index in [0.717, 1.165) is 30.8 Å². The highest BCUT2D eigenvalue weighted by atomic mass is 35.5. The summed E-state index contributed by atoms with van der Waals surface area (Å²) in [5.41, 5.74) is 1.01. The predicted octanol–water partition coefficient (Wildman–Crippen LogP) is 2.17. The SMILES string of the molecule is CN1CCCc2c(Cl)nc(Cl)nc21. The summed E-state index contributed by atoms with van der Waals surface area (Å²) in [6.07, 6.45) is 2.03. The van der Waals surface area contributed by atoms with Gasteiger partial charge in [0, 0.05) is 19.2 Å². The van der Waals surface area contributed by atoms with E-state index in [2.05, 4.69) is 14.9 Å². The molecule has 2 heterocycles. The summed E-state index contributed by atoms with van der Waals surface area (Å²) in [6.45, 7) is 0.997. The van der Waals surface area contributed by atoms with Gasteiger partial charge >= 0.3 is 0 Å². The standard InChI is InChI=1S/C8H9Cl2N3/c1-13-4-2-3-5-6(9)11-8(10)12-7(5)13/h2-4H2,1H3. The fraction of sp³-hybridized carbons (Fsp3) is 0.500. The lowest BCUT2D eigenvalue weighted by Gasteiger charge is -2.26. The van der Waals surface area contributed by atoms with Crippen molar-refractivity contribution < 1.29 is 0 Å². The number of hydrogen-bond donors (Lipinski definition) is 0. The Morgan fingerprint density at radius 2 is 2.08 bits per heavy atom. The highest BCUT2D eigenvalue weighted by molar-refractivity contribution is 6.32. The van der Waals surface area contributed by atoms with Crippen molar-refractivity contribution in [2.45, 2.75) is 12.8 Å². The maximum absolute atomic E-state index is 5.95. The first-order chi connectivity index (χ1) is 6.18. The minimum absolute atomic E-state index is 0.220. The van der Waals surface area contributed by atoms with Gasteiger partial charge in [-0.1, -0.05) is 11.6 Å². The second kappa shape index (κ2) is 3.31. The molecule has 0 fully saturated rings. The summed E-state index contributed by atoms with van der Waals surface area (Å²) in [4.78, 5) is 10.1. The Morgan fingerprint density at radius 3 is 2.85 bits per heavy atom. The number of fused-ring (bicyclic) bond motifs is 1. The smallest absolute Gasteiger partial charge is 0.225 e. The molecule has 0 amide bonds. The van der Waals surface area contributed by atoms with Crippen molar-refractivity contribution in [3.63, 3.8) is 0 Å². The Kier molecular flexibility index (Phi) is 2.30. The van der Waals surface area contributed by atoms with Gasteiger partial charge in [-0.3, -0.25) is 0 Å². The van der Waals surface area contributed by atoms with Gasteiger partial charge in [0.25, 0.3) is 0 Å². The Morgan fingerprint density at radius 1 is 1.31 bits per heavy atom. The Bertz CT molecular complexity index is 340. The second-order valence-corrected chi connectivity index (χ2v) is 3.81. The Balaban J connectivity index is 2.56. The van der Waals surface area contributed by atoms with Crippen LogP contribution in [-0.4, -0.2) is 23.6 Å². The zero-order chi connectivity index (χ0) is 9.42. The van der Waals surface area contributed by atoms with Crippen molar-refractivity contribution in [1.82, 2.24) is 9.97 Å². The molecule has 1 aromatic rings. The maximum atomic E-state index is 5.95. The van der Waals surface area contributed by atoms with Gasteiger partial charge in [0.05, 0.1) is 0 Å². The van der Waals surface area contributed by atoms with Crippen LogP contribution >= 0.6 is 23.2 Å². The molecule has 0 N–H and O–H groups in total. The number of aromatic nitrogens is 2. The molecular formula is C8H9Cl2N3. The maximum Gasteiger partial charge on any atom is 0.225 e. The first-order valence-electron chi connectivity index (χ1n) is 4.11. The number of nitrogens with zero attached hydrogens (tertiary/aromatic N) is 3. The van der Waals surface area contributed by atoms with Gasteiger partial charge in [-0.2, -0.15) is 0 Å². The predicted molar refractivity (Wildman–Crippen MR) is 53.6 cm³/mol. The van der Waals surface area contributed by atoms with E-state index >= 15 is 0 Å². The minimum Gasteiger partial charge on any atom is -0.359 e. The first kappa shape index (κ1) is 9.03. The van der Waals surface area contributed by atoms with Crippen LogP contribution < -0.4 is 4.90 Å². The summed E-state index contributed by atoms with van der Waals surface area (Å²) in [5.74, 6) is 0.872. The molecule has 0 atom stereocenters. The van der Waals surface area contributed by atoms with Crippen molar-refractivity contribution in [2.75, 3.05) is 18.5 Å². The number of rotatable bonds is 0. The highest BCUT2D eigenvalue weighted by Gasteiger charge is 2.19. The van der Waals surface area contributed by atoms with E-state index in [-0.39, 0.29) is 5.28 Å². The highest BCUT2D eigenvalue weighted by Crippen LogP contribution is 2.29. The Labute approximate surface area is 86.7 Å². The molecule has 0 saturated carbocycles. The quantitative estimate of drug-likeness (QED) is 0.493. The van der Waals surface area contributed by atoms with E-state index in [9.17, 15) is 0 Å². The molecule has 1 aromatic heterocycles. The van der Waals surface area contributed by atoms with Crippen molar-refractivity contribution in [3.05, 3.63) is 16.0 Å². The molecule has 0 bridgehead atoms. The van der Waals surface area contributed by atoms with Crippen LogP contribution in [0.3, 0.4) is 0 Å². The lowest BCUT2D eigenvalue weighted by atomic mass is 10.1. The molecule has 0 saturated heterocycles. The molecule has 13 heavy (non-hydrogen) atoms. The molecule has 0 aliphatic carbocycles. The largest absolute Gasteiger partial charge is 0.359 e. The summed E-state index contributed by atoms with van der Waals surface area (Å²) in [6, 6.07) is 0. The zero-order valence-electron chi connectivity index (χ0n) is 7.22. The second-order valence-electron chi connectivity index (χ2n) is 3.11. The van der Waals surface area contributed by atoms with Crippen LogP contribution in [0, 0.1) is 0 Å². The van der Waals surface area contributed by atoms with Crippen LogP contribution in [0.5, 0.6) is 0 Å². The molecule has 5 heteroatoms. The summed E-state index contributed by atoms with van der Waals surface area (Å²) in [7, 11) is 1.98. The molecule has 1 aliphatic rings. The van der Waals surface area contributed by atoms with Crippen LogP contribution in [0.2, 0.25) is 10.4 Å². The number of halogens is 2. The van der Waals surface area contributed by atoms with Crippen LogP contribution in [0.15, 0.2) is 0 Å². The summed E-state index contributed by atoms with van der Waals surface area (Å²) >= 11 is 11.7. The van der Waals surface area contributed by atoms with E-state index in [1.54, 1.807) is 0 Å². The van der Waals surface area contributed by atoms with Crippen LogP contribution in [0.1, 0.15) is 12.0 Å². The van der Waals surface area contributed by atoms with Gasteiger partial charge in [0.15, 0.2) is 0 Å². The van der Waals surface area contributed by atoms with Gasteiger partial charge in [0.1, 0.15) is 11.0 Å². The van der Waals surface area contributed by atoms with Crippen LogP contribution in [0.4, 0.5) is 5.82 Å². The lowest BCUT2D eigenvalue weighted by molar-refractivity contribution is 0.724. The molecule has 0 unspecified atom stereocenters. The topological polar surface area (TPSA) is 29.0 Å². The summed E-state index contributed by atoms with van der Waals surface area (Å²) in [5, 5.41) is 0.707. The summed E-state index contributed by atoms with van der Waals surface area (Å²) < 4.78 is 0. The number of anilines is 1. The minimum atomic E-state index is 0.220. The molecule has 2 rings (SSSR count). The molecule has 0 radical (unpaired) electrons. The van der Waals surface area contributed by atoms with Gasteiger partial charge in [0.2, 0.25) is 5.28 Å². The van der Waals surface area contributed by atoms with Crippen LogP contribution in [-0.2, 0) is 6.42 Å². The molecular weight excluding hydrogens is 209 g/mol. The lowest BCUT2D eigenvalue weighted by Crippen LogP contribution is -2.26. The number of hydrogen-bond acceptors (Lipinski definition) is 3. The van der Waals surface area contributed by atoms with E-state index in [1.165, 1.54) is 0 Å². The third kappa shape index (κ3) is 1.58. The zero-order valence-corrected chi connectivity index (χ0v) is 8.73. The van der Waals surface area contributed by atoms with Crippen molar-refractivity contribution in [2.24, 2.45) is 0 Å². The van der Waals surface area contributed by atoms with E-state index in [1.807, 2.05) is 7.05 Å². The fourth-order valence-corrected chi connectivity index (χ4v) is 2.02. The first-order valence-corrected chi connectivity index (χ1v) is 4.87. The van der Waals surface area contributed by atoms with Crippen LogP contribution in [0.25, 0.3) is 0 Å².